The van der Waals surface area contributed by atoms with Crippen molar-refractivity contribution in [1.29, 1.82) is 0 Å². The molecule has 0 spiro atoms. The number of amidine groups is 1. The van der Waals surface area contributed by atoms with Crippen LogP contribution in [0.1, 0.15) is 27.9 Å². The highest BCUT2D eigenvalue weighted by molar-refractivity contribution is 8.18. The van der Waals surface area contributed by atoms with Gasteiger partial charge in [0.15, 0.2) is 11.0 Å². The summed E-state index contributed by atoms with van der Waals surface area (Å²) in [7, 11) is 0. The Balaban J connectivity index is 1.58. The quantitative estimate of drug-likeness (QED) is 0.289. The van der Waals surface area contributed by atoms with Gasteiger partial charge in [0.05, 0.1) is 18.1 Å². The molecule has 0 atom stereocenters. The number of nitrogens with zero attached hydrogens (tertiary/aromatic N) is 2. The maximum atomic E-state index is 13.8. The predicted octanol–water partition coefficient (Wildman–Crippen LogP) is 5.99. The molecule has 0 saturated carbocycles. The Hall–Kier alpha value is -3.88. The van der Waals surface area contributed by atoms with E-state index in [0.29, 0.717) is 58.6 Å². The summed E-state index contributed by atoms with van der Waals surface area (Å²) in [4.78, 5) is 33.1. The fraction of sp³-hybridized carbons (Fsp3) is 0.167. The summed E-state index contributed by atoms with van der Waals surface area (Å²) in [6, 6.07) is 20.7. The minimum Gasteiger partial charge on any atom is -0.378 e. The van der Waals surface area contributed by atoms with Gasteiger partial charge in [-0.15, -0.1) is 0 Å². The number of hydrogen-bond acceptors (Lipinski definition) is 5. The molecule has 2 aliphatic rings. The summed E-state index contributed by atoms with van der Waals surface area (Å²) < 4.78 is 32.7. The van der Waals surface area contributed by atoms with Crippen molar-refractivity contribution in [2.24, 2.45) is 4.99 Å². The van der Waals surface area contributed by atoms with Gasteiger partial charge in [0.2, 0.25) is 0 Å². The van der Waals surface area contributed by atoms with Gasteiger partial charge in [-0.2, -0.15) is 4.99 Å². The maximum Gasteiger partial charge on any atom is 0.286 e. The van der Waals surface area contributed by atoms with E-state index in [4.69, 9.17) is 4.74 Å². The average Bonchev–Trinajstić information content (AvgIpc) is 3.34. The first-order valence-corrected chi connectivity index (χ1v) is 13.0. The molecule has 192 valence electrons. The van der Waals surface area contributed by atoms with E-state index in [0.717, 1.165) is 5.56 Å². The number of halogens is 2. The van der Waals surface area contributed by atoms with Crippen LogP contribution in [0, 0.1) is 11.6 Å². The third-order valence-corrected chi connectivity index (χ3v) is 7.38. The van der Waals surface area contributed by atoms with E-state index in [-0.39, 0.29) is 18.1 Å². The van der Waals surface area contributed by atoms with Gasteiger partial charge in [-0.05, 0) is 70.9 Å². The van der Waals surface area contributed by atoms with Gasteiger partial charge in [-0.1, -0.05) is 42.5 Å². The molecule has 2 heterocycles. The van der Waals surface area contributed by atoms with E-state index >= 15 is 0 Å². The second kappa shape index (κ2) is 11.7. The van der Waals surface area contributed by atoms with E-state index in [2.05, 4.69) is 4.99 Å². The summed E-state index contributed by atoms with van der Waals surface area (Å²) in [5, 5.41) is 0.602. The highest BCUT2D eigenvalue weighted by atomic mass is 32.2. The number of carbonyl (C=O) groups is 2. The van der Waals surface area contributed by atoms with Gasteiger partial charge in [0.1, 0.15) is 11.6 Å². The zero-order valence-electron chi connectivity index (χ0n) is 20.4. The molecular weight excluding hydrogens is 506 g/mol. The number of hydrogen-bond donors (Lipinski definition) is 0. The number of ether oxygens (including phenoxy) is 1. The summed E-state index contributed by atoms with van der Waals surface area (Å²) in [5.41, 5.74) is 3.03. The molecule has 5 nitrogen and oxygen atoms in total. The van der Waals surface area contributed by atoms with Crippen LogP contribution >= 0.6 is 11.8 Å². The van der Waals surface area contributed by atoms with Crippen molar-refractivity contribution in [2.75, 3.05) is 26.3 Å². The number of Topliss-reactive ketones (excluding diaryl/α,β-unsaturated/α-hetero) is 1. The highest BCUT2D eigenvalue weighted by Gasteiger charge is 2.30. The molecule has 5 rings (SSSR count). The Kier molecular flexibility index (Phi) is 7.91. The molecule has 0 radical (unpaired) electrons. The molecule has 3 aromatic rings. The lowest BCUT2D eigenvalue weighted by Crippen LogP contribution is -2.38. The molecule has 38 heavy (non-hydrogen) atoms. The zero-order valence-corrected chi connectivity index (χ0v) is 21.2. The molecule has 0 aliphatic carbocycles. The fourth-order valence-electron chi connectivity index (χ4n) is 4.24. The first-order valence-electron chi connectivity index (χ1n) is 12.2. The maximum absolute atomic E-state index is 13.8. The second-order valence-corrected chi connectivity index (χ2v) is 9.77. The number of aliphatic imine (C=N–C) groups is 1. The number of amides is 1. The van der Waals surface area contributed by atoms with Gasteiger partial charge in [-0.25, -0.2) is 8.78 Å². The van der Waals surface area contributed by atoms with Crippen LogP contribution in [0.3, 0.4) is 0 Å². The van der Waals surface area contributed by atoms with Gasteiger partial charge < -0.3 is 9.64 Å². The number of ketones is 1. The smallest absolute Gasteiger partial charge is 0.286 e. The van der Waals surface area contributed by atoms with Crippen molar-refractivity contribution in [3.63, 3.8) is 0 Å². The van der Waals surface area contributed by atoms with Crippen molar-refractivity contribution >= 4 is 39.8 Å². The van der Waals surface area contributed by atoms with Crippen LogP contribution in [-0.2, 0) is 9.53 Å². The predicted molar refractivity (Wildman–Crippen MR) is 146 cm³/mol. The lowest BCUT2D eigenvalue weighted by atomic mass is 9.93. The number of carbonyl (C=O) groups excluding carboxylic acids is 2. The lowest BCUT2D eigenvalue weighted by molar-refractivity contribution is -0.113. The Morgan fingerprint density at radius 3 is 2.11 bits per heavy atom. The van der Waals surface area contributed by atoms with Crippen LogP contribution in [-0.4, -0.2) is 48.1 Å². The molecule has 8 heteroatoms. The van der Waals surface area contributed by atoms with E-state index in [1.807, 2.05) is 41.3 Å². The average molecular weight is 531 g/mol. The van der Waals surface area contributed by atoms with Gasteiger partial charge >= 0.3 is 0 Å². The molecule has 0 N–H and O–H groups in total. The molecule has 0 bridgehead atoms. The number of rotatable bonds is 6. The monoisotopic (exact) mass is 530 g/mol. The molecule has 0 aromatic heterocycles. The van der Waals surface area contributed by atoms with E-state index in [1.165, 1.54) is 48.2 Å². The van der Waals surface area contributed by atoms with Gasteiger partial charge in [-0.3, -0.25) is 9.59 Å². The van der Waals surface area contributed by atoms with Crippen molar-refractivity contribution in [2.45, 2.75) is 6.42 Å². The third-order valence-electron chi connectivity index (χ3n) is 6.25. The molecule has 2 aliphatic heterocycles. The van der Waals surface area contributed by atoms with Crippen molar-refractivity contribution in [3.05, 3.63) is 118 Å². The van der Waals surface area contributed by atoms with Gasteiger partial charge in [0, 0.05) is 30.6 Å². The second-order valence-electron chi connectivity index (χ2n) is 8.79. The molecule has 1 amide bonds. The Morgan fingerprint density at radius 2 is 1.47 bits per heavy atom. The number of thioether (sulfide) groups is 1. The first-order chi connectivity index (χ1) is 18.5. The summed E-state index contributed by atoms with van der Waals surface area (Å²) in [6.07, 6.45) is 1.83. The van der Waals surface area contributed by atoms with Crippen molar-refractivity contribution < 1.29 is 23.1 Å². The normalized spacial score (nSPS) is 17.4. The number of benzene rings is 3. The standard InChI is InChI=1S/C30H24F2N2O3S/c31-24-10-6-21(7-11-24)26(28-29(36)33-30(38-28)34-14-16-37-17-15-34)18-23(20-4-2-1-3-5-20)19-27(35)22-8-12-25(32)13-9-22/h1-13,18H,14-17,19H2/b23-18+,28-26-. The molecule has 0 unspecified atom stereocenters. The van der Waals surface area contributed by atoms with Crippen LogP contribution < -0.4 is 0 Å². The summed E-state index contributed by atoms with van der Waals surface area (Å²) >= 11 is 1.27. The lowest BCUT2D eigenvalue weighted by Gasteiger charge is -2.27. The molecule has 3 aromatic carbocycles. The fourth-order valence-corrected chi connectivity index (χ4v) is 5.28. The first kappa shape index (κ1) is 25.8. The molecular formula is C30H24F2N2O3S. The minimum absolute atomic E-state index is 0.0175. The number of allylic oxidation sites excluding steroid dienone is 3. The summed E-state index contributed by atoms with van der Waals surface area (Å²) in [6.45, 7) is 2.38. The van der Waals surface area contributed by atoms with Crippen molar-refractivity contribution in [3.8, 4) is 0 Å². The third kappa shape index (κ3) is 5.98. The molecule has 1 fully saturated rings. The van der Waals surface area contributed by atoms with Crippen LogP contribution in [0.4, 0.5) is 8.78 Å². The Labute approximate surface area is 223 Å². The number of morpholine rings is 1. The zero-order chi connectivity index (χ0) is 26.5. The largest absolute Gasteiger partial charge is 0.378 e. The Morgan fingerprint density at radius 1 is 0.868 bits per heavy atom. The van der Waals surface area contributed by atoms with Crippen LogP contribution in [0.15, 0.2) is 94.8 Å². The van der Waals surface area contributed by atoms with Crippen molar-refractivity contribution in [1.82, 2.24) is 4.90 Å². The van der Waals surface area contributed by atoms with Crippen LogP contribution in [0.5, 0.6) is 0 Å². The minimum atomic E-state index is -0.420. The SMILES string of the molecule is O=C1N=C(N2CCOCC2)S/C1=C(/C=C(\CC(=O)c1ccc(F)cc1)c1ccccc1)c1ccc(F)cc1. The Bertz CT molecular complexity index is 1430. The topological polar surface area (TPSA) is 59.0 Å². The van der Waals surface area contributed by atoms with Gasteiger partial charge in [0.25, 0.3) is 5.91 Å². The summed E-state index contributed by atoms with van der Waals surface area (Å²) in [5.74, 6) is -1.40. The van der Waals surface area contributed by atoms with E-state index in [9.17, 15) is 18.4 Å². The van der Waals surface area contributed by atoms with Crippen LogP contribution in [0.2, 0.25) is 0 Å². The van der Waals surface area contributed by atoms with E-state index < -0.39 is 11.6 Å². The molecule has 1 saturated heterocycles. The van der Waals surface area contributed by atoms with Crippen LogP contribution in [0.25, 0.3) is 11.1 Å². The highest BCUT2D eigenvalue weighted by Crippen LogP contribution is 2.38. The van der Waals surface area contributed by atoms with E-state index in [1.54, 1.807) is 12.1 Å².